The Kier molecular flexibility index (Phi) is 8.22. The highest BCUT2D eigenvalue weighted by molar-refractivity contribution is 6.00. The van der Waals surface area contributed by atoms with E-state index in [0.717, 1.165) is 12.1 Å². The number of nitrogens with zero attached hydrogens (tertiary/aromatic N) is 1. The van der Waals surface area contributed by atoms with Crippen molar-refractivity contribution in [2.45, 2.75) is 32.9 Å². The Morgan fingerprint density at radius 1 is 0.857 bits per heavy atom. The lowest BCUT2D eigenvalue weighted by Crippen LogP contribution is -2.29. The monoisotopic (exact) mass is 489 g/mol. The van der Waals surface area contributed by atoms with E-state index in [-0.39, 0.29) is 29.9 Å². The maximum atomic E-state index is 13.4. The predicted molar refractivity (Wildman–Crippen MR) is 124 cm³/mol. The summed E-state index contributed by atoms with van der Waals surface area (Å²) < 4.78 is 56.1. The van der Waals surface area contributed by atoms with Gasteiger partial charge in [0, 0.05) is 18.1 Å². The Morgan fingerprint density at radius 2 is 1.43 bits per heavy atom. The highest BCUT2D eigenvalue weighted by Gasteiger charge is 2.38. The average molecular weight is 489 g/mol. The predicted octanol–water partition coefficient (Wildman–Crippen LogP) is 5.60. The van der Waals surface area contributed by atoms with E-state index in [1.807, 2.05) is 6.92 Å². The quantitative estimate of drug-likeness (QED) is 0.450. The summed E-state index contributed by atoms with van der Waals surface area (Å²) in [7, 11) is 0. The number of halogens is 3. The molecule has 0 aromatic heterocycles. The lowest BCUT2D eigenvalue weighted by Gasteiger charge is -2.30. The standard InChI is InChI=1S/C26H26F3NO5/c1-4-33-20-12-10-19(11-13-20)30-15-21(24(31)34-5-2)23(22(16-30)25(32)35-6-3)17-8-7-9-18(14-17)26(27,28)29/h7-16,23H,4-6H2,1-3H3. The van der Waals surface area contributed by atoms with Crippen LogP contribution in [0.25, 0.3) is 0 Å². The van der Waals surface area contributed by atoms with Crippen LogP contribution in [0.4, 0.5) is 18.9 Å². The minimum atomic E-state index is -4.60. The molecule has 0 saturated carbocycles. The summed E-state index contributed by atoms with van der Waals surface area (Å²) in [4.78, 5) is 27.5. The van der Waals surface area contributed by atoms with Crippen LogP contribution >= 0.6 is 0 Å². The summed E-state index contributed by atoms with van der Waals surface area (Å²) in [6.45, 7) is 5.68. The zero-order valence-electron chi connectivity index (χ0n) is 19.6. The van der Waals surface area contributed by atoms with Gasteiger partial charge in [0.15, 0.2) is 0 Å². The molecular formula is C26H26F3NO5. The molecule has 9 heteroatoms. The van der Waals surface area contributed by atoms with Crippen molar-refractivity contribution in [3.05, 3.63) is 83.2 Å². The molecule has 0 N–H and O–H groups in total. The highest BCUT2D eigenvalue weighted by atomic mass is 19.4. The first-order valence-electron chi connectivity index (χ1n) is 11.2. The van der Waals surface area contributed by atoms with E-state index in [4.69, 9.17) is 14.2 Å². The van der Waals surface area contributed by atoms with Gasteiger partial charge in [-0.1, -0.05) is 18.2 Å². The van der Waals surface area contributed by atoms with E-state index in [1.54, 1.807) is 43.0 Å². The molecule has 0 fully saturated rings. The van der Waals surface area contributed by atoms with Crippen LogP contribution in [0.2, 0.25) is 0 Å². The largest absolute Gasteiger partial charge is 0.494 e. The van der Waals surface area contributed by atoms with Gasteiger partial charge < -0.3 is 19.1 Å². The lowest BCUT2D eigenvalue weighted by molar-refractivity contribution is -0.139. The second-order valence-electron chi connectivity index (χ2n) is 7.50. The van der Waals surface area contributed by atoms with E-state index in [0.29, 0.717) is 18.0 Å². The zero-order valence-corrected chi connectivity index (χ0v) is 19.6. The van der Waals surface area contributed by atoms with E-state index in [2.05, 4.69) is 0 Å². The van der Waals surface area contributed by atoms with Gasteiger partial charge in [0.05, 0.1) is 42.4 Å². The molecule has 186 valence electrons. The van der Waals surface area contributed by atoms with E-state index in [1.165, 1.54) is 24.5 Å². The van der Waals surface area contributed by atoms with E-state index >= 15 is 0 Å². The number of benzene rings is 2. The smallest absolute Gasteiger partial charge is 0.416 e. The molecule has 2 aromatic carbocycles. The molecule has 1 aliphatic heterocycles. The van der Waals surface area contributed by atoms with Gasteiger partial charge in [0.1, 0.15) is 5.75 Å². The summed E-state index contributed by atoms with van der Waals surface area (Å²) in [5, 5.41) is 0. The van der Waals surface area contributed by atoms with E-state index in [9.17, 15) is 22.8 Å². The average Bonchev–Trinajstić information content (AvgIpc) is 2.84. The fraction of sp³-hybridized carbons (Fsp3) is 0.308. The first kappa shape index (κ1) is 25.9. The Balaban J connectivity index is 2.16. The van der Waals surface area contributed by atoms with Crippen LogP contribution in [0.5, 0.6) is 5.75 Å². The third kappa shape index (κ3) is 6.03. The number of hydrogen-bond donors (Lipinski definition) is 0. The first-order chi connectivity index (χ1) is 16.7. The van der Waals surface area contributed by atoms with Gasteiger partial charge in [0.25, 0.3) is 0 Å². The van der Waals surface area contributed by atoms with Crippen molar-refractivity contribution >= 4 is 17.6 Å². The van der Waals surface area contributed by atoms with Crippen LogP contribution in [0.15, 0.2) is 72.1 Å². The summed E-state index contributed by atoms with van der Waals surface area (Å²) in [6.07, 6.45) is -1.68. The summed E-state index contributed by atoms with van der Waals surface area (Å²) in [6, 6.07) is 11.5. The molecule has 2 aromatic rings. The minimum absolute atomic E-state index is 0.00520. The second kappa shape index (κ2) is 11.1. The number of ether oxygens (including phenoxy) is 3. The Hall–Kier alpha value is -3.75. The fourth-order valence-electron chi connectivity index (χ4n) is 3.71. The van der Waals surface area contributed by atoms with Gasteiger partial charge in [0.2, 0.25) is 0 Å². The van der Waals surface area contributed by atoms with E-state index < -0.39 is 29.6 Å². The SMILES string of the molecule is CCOC(=O)C1=CN(c2ccc(OCC)cc2)C=C(C(=O)OCC)C1c1cccc(C(F)(F)F)c1. The Bertz CT molecular complexity index is 1090. The van der Waals surface area contributed by atoms with Crippen LogP contribution in [0, 0.1) is 0 Å². The summed E-state index contributed by atoms with van der Waals surface area (Å²) in [5.74, 6) is -1.98. The van der Waals surface area contributed by atoms with Gasteiger partial charge in [-0.15, -0.1) is 0 Å². The maximum Gasteiger partial charge on any atom is 0.416 e. The molecule has 0 radical (unpaired) electrons. The molecule has 0 amide bonds. The fourth-order valence-corrected chi connectivity index (χ4v) is 3.71. The van der Waals surface area contributed by atoms with Crippen molar-refractivity contribution in [2.24, 2.45) is 0 Å². The topological polar surface area (TPSA) is 65.1 Å². The van der Waals surface area contributed by atoms with Gasteiger partial charge in [-0.25, -0.2) is 9.59 Å². The Morgan fingerprint density at radius 3 is 1.91 bits per heavy atom. The summed E-state index contributed by atoms with van der Waals surface area (Å²) >= 11 is 0. The molecule has 0 aliphatic carbocycles. The number of carbonyl (C=O) groups is 2. The molecule has 0 unspecified atom stereocenters. The number of anilines is 1. The zero-order chi connectivity index (χ0) is 25.6. The first-order valence-corrected chi connectivity index (χ1v) is 11.2. The van der Waals surface area contributed by atoms with Crippen LogP contribution in [-0.2, 0) is 25.2 Å². The third-order valence-electron chi connectivity index (χ3n) is 5.19. The van der Waals surface area contributed by atoms with Crippen molar-refractivity contribution < 1.29 is 37.0 Å². The molecule has 6 nitrogen and oxygen atoms in total. The molecule has 0 saturated heterocycles. The van der Waals surface area contributed by atoms with Crippen molar-refractivity contribution in [1.82, 2.24) is 0 Å². The van der Waals surface area contributed by atoms with Crippen LogP contribution in [0.1, 0.15) is 37.8 Å². The molecule has 1 heterocycles. The lowest BCUT2D eigenvalue weighted by atomic mass is 9.82. The van der Waals surface area contributed by atoms with Crippen LogP contribution in [0.3, 0.4) is 0 Å². The molecule has 0 bridgehead atoms. The Labute approximate surface area is 201 Å². The molecule has 3 rings (SSSR count). The number of alkyl halides is 3. The third-order valence-corrected chi connectivity index (χ3v) is 5.19. The summed E-state index contributed by atoms with van der Waals surface area (Å²) in [5.41, 5.74) is -0.170. The molecule has 35 heavy (non-hydrogen) atoms. The van der Waals surface area contributed by atoms with Crippen molar-refractivity contribution in [3.8, 4) is 5.75 Å². The van der Waals surface area contributed by atoms with Crippen molar-refractivity contribution in [1.29, 1.82) is 0 Å². The van der Waals surface area contributed by atoms with Gasteiger partial charge >= 0.3 is 18.1 Å². The van der Waals surface area contributed by atoms with Crippen LogP contribution in [-0.4, -0.2) is 31.8 Å². The van der Waals surface area contributed by atoms with Crippen molar-refractivity contribution in [3.63, 3.8) is 0 Å². The second-order valence-corrected chi connectivity index (χ2v) is 7.50. The molecule has 0 atom stereocenters. The number of rotatable bonds is 8. The van der Waals surface area contributed by atoms with Gasteiger partial charge in [-0.05, 0) is 56.7 Å². The van der Waals surface area contributed by atoms with Gasteiger partial charge in [-0.3, -0.25) is 0 Å². The highest BCUT2D eigenvalue weighted by Crippen LogP contribution is 2.40. The van der Waals surface area contributed by atoms with Crippen molar-refractivity contribution in [2.75, 3.05) is 24.7 Å². The van der Waals surface area contributed by atoms with Crippen LogP contribution < -0.4 is 9.64 Å². The minimum Gasteiger partial charge on any atom is -0.494 e. The molecular weight excluding hydrogens is 463 g/mol. The normalized spacial score (nSPS) is 14.2. The molecule has 0 spiro atoms. The molecule has 1 aliphatic rings. The van der Waals surface area contributed by atoms with Gasteiger partial charge in [-0.2, -0.15) is 13.2 Å². The maximum absolute atomic E-state index is 13.4. The number of esters is 2. The number of carbonyl (C=O) groups excluding carboxylic acids is 2. The number of hydrogen-bond acceptors (Lipinski definition) is 6.